The first-order valence-electron chi connectivity index (χ1n) is 8.13. The van der Waals surface area contributed by atoms with Gasteiger partial charge in [-0.05, 0) is 37.3 Å². The van der Waals surface area contributed by atoms with Crippen LogP contribution in [0.1, 0.15) is 12.5 Å². The third-order valence-electron chi connectivity index (χ3n) is 3.60. The molecule has 0 radical (unpaired) electrons. The number of carbonyl (C=O) groups is 1. The molecule has 1 aromatic heterocycles. The summed E-state index contributed by atoms with van der Waals surface area (Å²) in [4.78, 5) is 15.1. The van der Waals surface area contributed by atoms with Crippen LogP contribution in [0.15, 0.2) is 47.4 Å². The molecule has 7 nitrogen and oxygen atoms in total. The van der Waals surface area contributed by atoms with E-state index in [9.17, 15) is 26.4 Å². The Balaban J connectivity index is 1.79. The maximum Gasteiger partial charge on any atom is 0.417 e. The van der Waals surface area contributed by atoms with Crippen LogP contribution < -0.4 is 14.8 Å². The van der Waals surface area contributed by atoms with E-state index in [2.05, 4.69) is 10.3 Å². The van der Waals surface area contributed by atoms with Gasteiger partial charge in [0, 0.05) is 0 Å². The van der Waals surface area contributed by atoms with Crippen molar-refractivity contribution in [1.82, 2.24) is 9.71 Å². The molecule has 0 bridgehead atoms. The molecule has 154 valence electrons. The SMILES string of the molecule is CCOc1ccc2nc(NC(=O)NS(=O)(=O)c3ccccc3C(F)(F)F)sc2c1. The molecule has 0 atom stereocenters. The summed E-state index contributed by atoms with van der Waals surface area (Å²) >= 11 is 1.06. The lowest BCUT2D eigenvalue weighted by Gasteiger charge is -2.13. The standard InChI is InChI=1S/C17H14F3N3O4S2/c1-2-27-10-7-8-12-13(9-10)28-16(21-12)22-15(24)23-29(25,26)14-6-4-3-5-11(14)17(18,19)20/h3-9H,2H2,1H3,(H2,21,22,23,24). The predicted molar refractivity (Wildman–Crippen MR) is 102 cm³/mol. The lowest BCUT2D eigenvalue weighted by Crippen LogP contribution is -2.35. The van der Waals surface area contributed by atoms with Crippen LogP contribution >= 0.6 is 11.3 Å². The molecular formula is C17H14F3N3O4S2. The van der Waals surface area contributed by atoms with Crippen LogP contribution in [0.3, 0.4) is 0 Å². The number of nitrogens with one attached hydrogen (secondary N) is 2. The van der Waals surface area contributed by atoms with Gasteiger partial charge in [0.1, 0.15) is 5.75 Å². The second-order valence-corrected chi connectivity index (χ2v) is 8.32. The monoisotopic (exact) mass is 445 g/mol. The number of fused-ring (bicyclic) bond motifs is 1. The molecule has 1 heterocycles. The minimum absolute atomic E-state index is 0.0745. The van der Waals surface area contributed by atoms with Gasteiger partial charge in [0.2, 0.25) is 0 Å². The molecule has 0 aliphatic rings. The summed E-state index contributed by atoms with van der Waals surface area (Å²) in [5.41, 5.74) is -0.831. The van der Waals surface area contributed by atoms with Gasteiger partial charge in [0.05, 0.1) is 27.3 Å². The number of benzene rings is 2. The maximum absolute atomic E-state index is 13.1. The number of hydrogen-bond acceptors (Lipinski definition) is 6. The van der Waals surface area contributed by atoms with Crippen LogP contribution in [0.5, 0.6) is 5.75 Å². The van der Waals surface area contributed by atoms with Crippen molar-refractivity contribution in [3.05, 3.63) is 48.0 Å². The van der Waals surface area contributed by atoms with Crippen molar-refractivity contribution >= 4 is 42.7 Å². The van der Waals surface area contributed by atoms with Crippen molar-refractivity contribution in [2.45, 2.75) is 18.0 Å². The molecule has 12 heteroatoms. The average molecular weight is 445 g/mol. The second-order valence-electron chi connectivity index (χ2n) is 5.64. The molecule has 0 unspecified atom stereocenters. The Kier molecular flexibility index (Phi) is 5.66. The summed E-state index contributed by atoms with van der Waals surface area (Å²) in [6.45, 7) is 2.29. The number of anilines is 1. The van der Waals surface area contributed by atoms with Crippen molar-refractivity contribution in [1.29, 1.82) is 0 Å². The van der Waals surface area contributed by atoms with Gasteiger partial charge in [-0.15, -0.1) is 0 Å². The fourth-order valence-corrected chi connectivity index (χ4v) is 4.48. The fourth-order valence-electron chi connectivity index (χ4n) is 2.45. The number of urea groups is 1. The van der Waals surface area contributed by atoms with E-state index in [0.29, 0.717) is 28.6 Å². The number of thiazole rings is 1. The van der Waals surface area contributed by atoms with Crippen molar-refractivity contribution < 1.29 is 31.1 Å². The summed E-state index contributed by atoms with van der Waals surface area (Å²) in [5, 5.41) is 2.30. The van der Waals surface area contributed by atoms with Crippen molar-refractivity contribution in [3.63, 3.8) is 0 Å². The van der Waals surface area contributed by atoms with E-state index >= 15 is 0 Å². The Bertz CT molecular complexity index is 1160. The van der Waals surface area contributed by atoms with Crippen molar-refractivity contribution in [3.8, 4) is 5.75 Å². The Morgan fingerprint density at radius 1 is 1.21 bits per heavy atom. The van der Waals surface area contributed by atoms with Crippen LogP contribution in [-0.4, -0.2) is 26.0 Å². The highest BCUT2D eigenvalue weighted by Gasteiger charge is 2.37. The smallest absolute Gasteiger partial charge is 0.417 e. The molecule has 2 amide bonds. The summed E-state index contributed by atoms with van der Waals surface area (Å²) in [7, 11) is -4.76. The summed E-state index contributed by atoms with van der Waals surface area (Å²) in [5.74, 6) is 0.603. The molecule has 2 aromatic carbocycles. The highest BCUT2D eigenvalue weighted by Crippen LogP contribution is 2.34. The van der Waals surface area contributed by atoms with Gasteiger partial charge in [-0.2, -0.15) is 13.2 Å². The minimum atomic E-state index is -4.90. The van der Waals surface area contributed by atoms with E-state index in [1.54, 1.807) is 22.9 Å². The molecule has 0 saturated carbocycles. The van der Waals surface area contributed by atoms with E-state index in [-0.39, 0.29) is 5.13 Å². The normalized spacial score (nSPS) is 12.0. The van der Waals surface area contributed by atoms with Gasteiger partial charge in [0.25, 0.3) is 10.0 Å². The molecule has 2 N–H and O–H groups in total. The zero-order valence-corrected chi connectivity index (χ0v) is 16.4. The first-order chi connectivity index (χ1) is 13.6. The summed E-state index contributed by atoms with van der Waals surface area (Å²) in [6.07, 6.45) is -4.90. The number of nitrogens with zero attached hydrogens (tertiary/aromatic N) is 1. The Morgan fingerprint density at radius 2 is 1.93 bits per heavy atom. The first kappa shape index (κ1) is 20.9. The van der Waals surface area contributed by atoms with Gasteiger partial charge in [-0.25, -0.2) is 22.9 Å². The largest absolute Gasteiger partial charge is 0.494 e. The van der Waals surface area contributed by atoms with Crippen LogP contribution in [0.2, 0.25) is 0 Å². The summed E-state index contributed by atoms with van der Waals surface area (Å²) < 4.78 is 71.4. The van der Waals surface area contributed by atoms with E-state index in [1.165, 1.54) is 0 Å². The van der Waals surface area contributed by atoms with Crippen molar-refractivity contribution in [2.24, 2.45) is 0 Å². The van der Waals surface area contributed by atoms with Gasteiger partial charge in [-0.1, -0.05) is 23.5 Å². The molecule has 29 heavy (non-hydrogen) atoms. The summed E-state index contributed by atoms with van der Waals surface area (Å²) in [6, 6.07) is 7.40. The quantitative estimate of drug-likeness (QED) is 0.613. The van der Waals surface area contributed by atoms with Crippen molar-refractivity contribution in [2.75, 3.05) is 11.9 Å². The van der Waals surface area contributed by atoms with Gasteiger partial charge in [0.15, 0.2) is 5.13 Å². The van der Waals surface area contributed by atoms with E-state index in [1.807, 2.05) is 6.92 Å². The van der Waals surface area contributed by atoms with Crippen LogP contribution in [0.25, 0.3) is 10.2 Å². The number of sulfonamides is 1. The third-order valence-corrected chi connectivity index (χ3v) is 5.92. The highest BCUT2D eigenvalue weighted by atomic mass is 32.2. The molecule has 0 fully saturated rings. The molecular weight excluding hydrogens is 431 g/mol. The first-order valence-corrected chi connectivity index (χ1v) is 10.4. The molecule has 0 saturated heterocycles. The van der Waals surface area contributed by atoms with Crippen LogP contribution in [-0.2, 0) is 16.2 Å². The molecule has 0 aliphatic carbocycles. The van der Waals surface area contributed by atoms with E-state index in [4.69, 9.17) is 4.74 Å². The number of hydrogen-bond donors (Lipinski definition) is 2. The second kappa shape index (κ2) is 7.87. The minimum Gasteiger partial charge on any atom is -0.494 e. The predicted octanol–water partition coefficient (Wildman–Crippen LogP) is 4.22. The zero-order chi connectivity index (χ0) is 21.2. The lowest BCUT2D eigenvalue weighted by atomic mass is 10.2. The third kappa shape index (κ3) is 4.77. The number of ether oxygens (including phenoxy) is 1. The Labute approximate surface area is 167 Å². The van der Waals surface area contributed by atoms with Crippen LogP contribution in [0, 0.1) is 0 Å². The Morgan fingerprint density at radius 3 is 2.62 bits per heavy atom. The number of halogens is 3. The number of aromatic nitrogens is 1. The number of rotatable bonds is 5. The molecule has 3 rings (SSSR count). The number of carbonyl (C=O) groups excluding carboxylic acids is 1. The molecule has 3 aromatic rings. The number of alkyl halides is 3. The average Bonchev–Trinajstić information content (AvgIpc) is 3.02. The number of amides is 2. The highest BCUT2D eigenvalue weighted by molar-refractivity contribution is 7.90. The molecule has 0 aliphatic heterocycles. The van der Waals surface area contributed by atoms with Crippen LogP contribution in [0.4, 0.5) is 23.1 Å². The van der Waals surface area contributed by atoms with E-state index < -0.39 is 32.7 Å². The lowest BCUT2D eigenvalue weighted by molar-refractivity contribution is -0.139. The fraction of sp³-hybridized carbons (Fsp3) is 0.176. The maximum atomic E-state index is 13.1. The van der Waals surface area contributed by atoms with Gasteiger partial charge in [-0.3, -0.25) is 5.32 Å². The zero-order valence-electron chi connectivity index (χ0n) is 14.8. The van der Waals surface area contributed by atoms with Gasteiger partial charge < -0.3 is 4.74 Å². The Hall–Kier alpha value is -2.86. The molecule has 0 spiro atoms. The topological polar surface area (TPSA) is 97.4 Å². The van der Waals surface area contributed by atoms with E-state index in [0.717, 1.165) is 29.5 Å². The van der Waals surface area contributed by atoms with Gasteiger partial charge >= 0.3 is 12.2 Å².